The monoisotopic (exact) mass is 164 g/mol. The van der Waals surface area contributed by atoms with Gasteiger partial charge in [-0.15, -0.1) is 0 Å². The fraction of sp³-hybridized carbons (Fsp3) is 0. The Morgan fingerprint density at radius 1 is 1.58 bits per heavy atom. The molecule has 0 atom stereocenters. The van der Waals surface area contributed by atoms with Crippen LogP contribution >= 0.6 is 0 Å². The number of nitrogens with zero attached hydrogens (tertiary/aromatic N) is 1. The summed E-state index contributed by atoms with van der Waals surface area (Å²) in [6.07, 6.45) is 2.00. The minimum absolute atomic E-state index is 0.277. The summed E-state index contributed by atoms with van der Waals surface area (Å²) in [7, 11) is 0. The molecular weight excluding hydrogens is 159 g/mol. The first-order chi connectivity index (χ1) is 5.81. The van der Waals surface area contributed by atoms with E-state index in [0.29, 0.717) is 17.4 Å². The lowest BCUT2D eigenvalue weighted by atomic mass is 10.3. The number of rotatable bonds is 1. The second-order valence-electron chi connectivity index (χ2n) is 2.41. The molecule has 0 aromatic carbocycles. The number of H-pyrrole nitrogens is 1. The van der Waals surface area contributed by atoms with Crippen molar-refractivity contribution in [2.75, 3.05) is 0 Å². The molecule has 0 spiro atoms. The Labute approximate surface area is 67.2 Å². The number of halogens is 1. The molecule has 4 heteroatoms. The fourth-order valence-corrected chi connectivity index (χ4v) is 1.11. The molecule has 2 rings (SSSR count). The van der Waals surface area contributed by atoms with Crippen molar-refractivity contribution in [2.24, 2.45) is 0 Å². The number of hydrogen-bond acceptors (Lipinski definition) is 2. The second kappa shape index (κ2) is 2.41. The number of aldehydes is 1. The van der Waals surface area contributed by atoms with Crippen molar-refractivity contribution in [1.29, 1.82) is 0 Å². The predicted molar refractivity (Wildman–Crippen MR) is 41.4 cm³/mol. The van der Waals surface area contributed by atoms with Crippen molar-refractivity contribution in [3.05, 3.63) is 30.0 Å². The summed E-state index contributed by atoms with van der Waals surface area (Å²) in [5, 5.41) is 0.657. The zero-order valence-corrected chi connectivity index (χ0v) is 6.04. The van der Waals surface area contributed by atoms with Gasteiger partial charge in [0.2, 0.25) is 5.95 Å². The highest BCUT2D eigenvalue weighted by Crippen LogP contribution is 2.15. The maximum atomic E-state index is 12.9. The number of nitrogens with one attached hydrogen (secondary N) is 1. The number of fused-ring (bicyclic) bond motifs is 1. The van der Waals surface area contributed by atoms with Gasteiger partial charge >= 0.3 is 0 Å². The molecule has 3 nitrogen and oxygen atoms in total. The lowest BCUT2D eigenvalue weighted by molar-refractivity contribution is 0.112. The molecule has 0 fully saturated rings. The average molecular weight is 164 g/mol. The van der Waals surface area contributed by atoms with Crippen molar-refractivity contribution in [1.82, 2.24) is 9.97 Å². The number of carbonyl (C=O) groups is 1. The molecule has 0 unspecified atom stereocenters. The Balaban J connectivity index is 2.82. The number of aromatic nitrogens is 2. The van der Waals surface area contributed by atoms with Crippen LogP contribution in [0.15, 0.2) is 18.3 Å². The van der Waals surface area contributed by atoms with Crippen molar-refractivity contribution < 1.29 is 9.18 Å². The van der Waals surface area contributed by atoms with E-state index in [4.69, 9.17) is 0 Å². The lowest BCUT2D eigenvalue weighted by Gasteiger charge is -1.87. The Hall–Kier alpha value is -1.71. The minimum Gasteiger partial charge on any atom is -0.349 e. The van der Waals surface area contributed by atoms with Gasteiger partial charge in [-0.05, 0) is 12.1 Å². The summed E-state index contributed by atoms with van der Waals surface area (Å²) in [6, 6.07) is 3.22. The van der Waals surface area contributed by atoms with Gasteiger partial charge in [0.1, 0.15) is 5.52 Å². The first kappa shape index (κ1) is 6.97. The summed E-state index contributed by atoms with van der Waals surface area (Å²) in [5.41, 5.74) is 0.636. The van der Waals surface area contributed by atoms with Crippen LogP contribution in [0.2, 0.25) is 0 Å². The highest BCUT2D eigenvalue weighted by atomic mass is 19.1. The van der Waals surface area contributed by atoms with Gasteiger partial charge in [0.05, 0.1) is 5.69 Å². The molecule has 0 saturated carbocycles. The van der Waals surface area contributed by atoms with Crippen molar-refractivity contribution in [3.8, 4) is 0 Å². The summed E-state index contributed by atoms with van der Waals surface area (Å²) < 4.78 is 12.9. The standard InChI is InChI=1S/C8H5FN2O/c9-8-7-5(1-2-10-8)3-6(4-12)11-7/h1-4,11H. The molecule has 60 valence electrons. The Kier molecular flexibility index (Phi) is 1.40. The van der Waals surface area contributed by atoms with Gasteiger partial charge < -0.3 is 4.98 Å². The van der Waals surface area contributed by atoms with Crippen LogP contribution in [0.5, 0.6) is 0 Å². The number of carbonyl (C=O) groups excluding carboxylic acids is 1. The molecule has 0 aliphatic heterocycles. The van der Waals surface area contributed by atoms with Crippen LogP contribution in [0.4, 0.5) is 4.39 Å². The smallest absolute Gasteiger partial charge is 0.237 e. The predicted octanol–water partition coefficient (Wildman–Crippen LogP) is 1.51. The molecule has 0 radical (unpaired) electrons. The van der Waals surface area contributed by atoms with E-state index >= 15 is 0 Å². The van der Waals surface area contributed by atoms with E-state index in [2.05, 4.69) is 9.97 Å². The molecule has 2 heterocycles. The molecule has 0 saturated heterocycles. The molecule has 1 N–H and O–H groups in total. The van der Waals surface area contributed by atoms with Crippen LogP contribution in [0.1, 0.15) is 10.5 Å². The van der Waals surface area contributed by atoms with E-state index in [1.54, 1.807) is 12.1 Å². The summed E-state index contributed by atoms with van der Waals surface area (Å²) in [4.78, 5) is 16.4. The molecule has 0 aliphatic rings. The van der Waals surface area contributed by atoms with Crippen LogP contribution in [0.25, 0.3) is 10.9 Å². The van der Waals surface area contributed by atoms with Crippen LogP contribution in [-0.2, 0) is 0 Å². The van der Waals surface area contributed by atoms with Gasteiger partial charge in [-0.3, -0.25) is 4.79 Å². The van der Waals surface area contributed by atoms with E-state index in [0.717, 1.165) is 0 Å². The number of aromatic amines is 1. The quantitative estimate of drug-likeness (QED) is 0.513. The van der Waals surface area contributed by atoms with Gasteiger partial charge in [0.25, 0.3) is 0 Å². The summed E-state index contributed by atoms with van der Waals surface area (Å²) >= 11 is 0. The normalized spacial score (nSPS) is 10.4. The second-order valence-corrected chi connectivity index (χ2v) is 2.41. The molecule has 0 amide bonds. The Bertz CT molecular complexity index is 436. The third-order valence-electron chi connectivity index (χ3n) is 1.64. The zero-order chi connectivity index (χ0) is 8.55. The number of pyridine rings is 1. The lowest BCUT2D eigenvalue weighted by Crippen LogP contribution is -1.82. The van der Waals surface area contributed by atoms with Crippen molar-refractivity contribution in [2.45, 2.75) is 0 Å². The Morgan fingerprint density at radius 2 is 2.42 bits per heavy atom. The highest BCUT2D eigenvalue weighted by molar-refractivity contribution is 5.87. The van der Waals surface area contributed by atoms with Gasteiger partial charge in [0, 0.05) is 11.6 Å². The van der Waals surface area contributed by atoms with E-state index < -0.39 is 5.95 Å². The molecule has 0 bridgehead atoms. The van der Waals surface area contributed by atoms with E-state index in [-0.39, 0.29) is 5.52 Å². The van der Waals surface area contributed by atoms with Gasteiger partial charge in [0.15, 0.2) is 6.29 Å². The number of hydrogen-bond donors (Lipinski definition) is 1. The SMILES string of the molecule is O=Cc1cc2ccnc(F)c2[nH]1. The fourth-order valence-electron chi connectivity index (χ4n) is 1.11. The minimum atomic E-state index is -0.583. The third-order valence-corrected chi connectivity index (χ3v) is 1.64. The summed E-state index contributed by atoms with van der Waals surface area (Å²) in [6.45, 7) is 0. The third kappa shape index (κ3) is 0.887. The van der Waals surface area contributed by atoms with Crippen LogP contribution < -0.4 is 0 Å². The first-order valence-electron chi connectivity index (χ1n) is 3.39. The van der Waals surface area contributed by atoms with Gasteiger partial charge in [-0.2, -0.15) is 4.39 Å². The molecule has 2 aromatic rings. The maximum absolute atomic E-state index is 12.9. The Morgan fingerprint density at radius 3 is 3.08 bits per heavy atom. The van der Waals surface area contributed by atoms with E-state index in [9.17, 15) is 9.18 Å². The molecule has 2 aromatic heterocycles. The molecule has 12 heavy (non-hydrogen) atoms. The van der Waals surface area contributed by atoms with Gasteiger partial charge in [-0.25, -0.2) is 4.98 Å². The van der Waals surface area contributed by atoms with Crippen LogP contribution in [0, 0.1) is 5.95 Å². The van der Waals surface area contributed by atoms with Gasteiger partial charge in [-0.1, -0.05) is 0 Å². The average Bonchev–Trinajstić information content (AvgIpc) is 2.49. The first-order valence-corrected chi connectivity index (χ1v) is 3.39. The van der Waals surface area contributed by atoms with E-state index in [1.165, 1.54) is 6.20 Å². The largest absolute Gasteiger partial charge is 0.349 e. The summed E-state index contributed by atoms with van der Waals surface area (Å²) in [5.74, 6) is -0.583. The van der Waals surface area contributed by atoms with Crippen LogP contribution in [0.3, 0.4) is 0 Å². The highest BCUT2D eigenvalue weighted by Gasteiger charge is 2.04. The zero-order valence-electron chi connectivity index (χ0n) is 6.04. The van der Waals surface area contributed by atoms with Crippen molar-refractivity contribution in [3.63, 3.8) is 0 Å². The van der Waals surface area contributed by atoms with Crippen LogP contribution in [-0.4, -0.2) is 16.3 Å². The topological polar surface area (TPSA) is 45.8 Å². The molecule has 0 aliphatic carbocycles. The maximum Gasteiger partial charge on any atom is 0.237 e. The van der Waals surface area contributed by atoms with Crippen molar-refractivity contribution >= 4 is 17.2 Å². The van der Waals surface area contributed by atoms with E-state index in [1.807, 2.05) is 0 Å². The molecular formula is C8H5FN2O.